The van der Waals surface area contributed by atoms with Crippen LogP contribution in [0.4, 0.5) is 5.69 Å². The first-order valence-electron chi connectivity index (χ1n) is 5.64. The number of hydrogen-bond acceptors (Lipinski definition) is 3. The minimum atomic E-state index is -0.147. The van der Waals surface area contributed by atoms with Crippen molar-refractivity contribution in [2.24, 2.45) is 10.9 Å². The van der Waals surface area contributed by atoms with Crippen LogP contribution in [-0.2, 0) is 6.42 Å². The number of nitrogens with one attached hydrogen (secondary N) is 1. The lowest BCUT2D eigenvalue weighted by Crippen LogP contribution is -2.35. The molecular formula is C12H18BrN3O. The third-order valence-corrected chi connectivity index (χ3v) is 3.15. The van der Waals surface area contributed by atoms with Crippen LogP contribution in [0.2, 0.25) is 0 Å². The number of aryl methyl sites for hydroxylation is 1. The van der Waals surface area contributed by atoms with Crippen molar-refractivity contribution in [2.75, 3.05) is 5.32 Å². The Hall–Kier alpha value is -1.23. The van der Waals surface area contributed by atoms with Crippen LogP contribution in [0.1, 0.15) is 25.8 Å². The van der Waals surface area contributed by atoms with Crippen molar-refractivity contribution >= 4 is 27.5 Å². The zero-order valence-electron chi connectivity index (χ0n) is 10.1. The number of amidine groups is 1. The second-order valence-corrected chi connectivity index (χ2v) is 4.70. The highest BCUT2D eigenvalue weighted by atomic mass is 79.9. The third-order valence-electron chi connectivity index (χ3n) is 2.66. The van der Waals surface area contributed by atoms with E-state index in [-0.39, 0.29) is 11.9 Å². The summed E-state index contributed by atoms with van der Waals surface area (Å²) in [6.45, 7) is 4.08. The number of nitrogens with two attached hydrogens (primary N) is 1. The standard InChI is InChI=1S/C12H18BrN3O/c1-3-8-7-9(13)5-6-11(8)15-10(4-2)12(14)16-17/h5-7,10,15,17H,3-4H2,1-2H3,(H2,14,16). The lowest BCUT2D eigenvalue weighted by Gasteiger charge is -2.19. The molecule has 0 fully saturated rings. The molecule has 0 aromatic heterocycles. The molecule has 4 nitrogen and oxygen atoms in total. The van der Waals surface area contributed by atoms with Gasteiger partial charge in [-0.25, -0.2) is 0 Å². The Balaban J connectivity index is 2.93. The van der Waals surface area contributed by atoms with Gasteiger partial charge in [-0.1, -0.05) is 34.9 Å². The van der Waals surface area contributed by atoms with Crippen LogP contribution in [0, 0.1) is 0 Å². The predicted molar refractivity (Wildman–Crippen MR) is 74.6 cm³/mol. The molecule has 17 heavy (non-hydrogen) atoms. The van der Waals surface area contributed by atoms with Gasteiger partial charge in [-0.15, -0.1) is 0 Å². The molecule has 4 N–H and O–H groups in total. The number of hydrogen-bond donors (Lipinski definition) is 3. The molecule has 94 valence electrons. The van der Waals surface area contributed by atoms with Gasteiger partial charge in [0.15, 0.2) is 5.84 Å². The molecule has 0 aliphatic heterocycles. The van der Waals surface area contributed by atoms with Gasteiger partial charge >= 0.3 is 0 Å². The quantitative estimate of drug-likeness (QED) is 0.339. The fourth-order valence-electron chi connectivity index (χ4n) is 1.64. The molecule has 0 saturated carbocycles. The highest BCUT2D eigenvalue weighted by Crippen LogP contribution is 2.22. The molecule has 0 spiro atoms. The largest absolute Gasteiger partial charge is 0.409 e. The highest BCUT2D eigenvalue weighted by Gasteiger charge is 2.12. The van der Waals surface area contributed by atoms with Crippen molar-refractivity contribution in [3.63, 3.8) is 0 Å². The molecule has 0 amide bonds. The van der Waals surface area contributed by atoms with Crippen LogP contribution in [0.25, 0.3) is 0 Å². The van der Waals surface area contributed by atoms with Gasteiger partial charge in [-0.05, 0) is 36.6 Å². The first kappa shape index (κ1) is 13.8. The van der Waals surface area contributed by atoms with Crippen LogP contribution < -0.4 is 11.1 Å². The lowest BCUT2D eigenvalue weighted by atomic mass is 10.1. The lowest BCUT2D eigenvalue weighted by molar-refractivity contribution is 0.316. The van der Waals surface area contributed by atoms with E-state index in [2.05, 4.69) is 39.4 Å². The van der Waals surface area contributed by atoms with Gasteiger partial charge in [-0.2, -0.15) is 0 Å². The summed E-state index contributed by atoms with van der Waals surface area (Å²) in [6.07, 6.45) is 1.68. The van der Waals surface area contributed by atoms with Crippen molar-refractivity contribution in [1.29, 1.82) is 0 Å². The molecular weight excluding hydrogens is 282 g/mol. The summed E-state index contributed by atoms with van der Waals surface area (Å²) in [6, 6.07) is 5.89. The van der Waals surface area contributed by atoms with E-state index in [0.717, 1.165) is 23.0 Å². The molecule has 0 bridgehead atoms. The molecule has 0 saturated heterocycles. The van der Waals surface area contributed by atoms with Crippen LogP contribution >= 0.6 is 15.9 Å². The van der Waals surface area contributed by atoms with E-state index in [0.29, 0.717) is 0 Å². The fourth-order valence-corrected chi connectivity index (χ4v) is 2.05. The Bertz CT molecular complexity index is 407. The van der Waals surface area contributed by atoms with E-state index in [4.69, 9.17) is 10.9 Å². The second-order valence-electron chi connectivity index (χ2n) is 3.79. The Morgan fingerprint density at radius 2 is 2.24 bits per heavy atom. The molecule has 0 aliphatic rings. The zero-order chi connectivity index (χ0) is 12.8. The molecule has 1 rings (SSSR count). The third kappa shape index (κ3) is 3.63. The van der Waals surface area contributed by atoms with E-state index in [9.17, 15) is 0 Å². The van der Waals surface area contributed by atoms with E-state index in [1.165, 1.54) is 5.56 Å². The van der Waals surface area contributed by atoms with Crippen LogP contribution in [0.15, 0.2) is 27.8 Å². The molecule has 5 heteroatoms. The first-order chi connectivity index (χ1) is 8.12. The number of benzene rings is 1. The first-order valence-corrected chi connectivity index (χ1v) is 6.44. The van der Waals surface area contributed by atoms with Crippen molar-refractivity contribution in [2.45, 2.75) is 32.7 Å². The maximum atomic E-state index is 8.70. The van der Waals surface area contributed by atoms with Gasteiger partial charge in [0.25, 0.3) is 0 Å². The summed E-state index contributed by atoms with van der Waals surface area (Å²) in [7, 11) is 0. The summed E-state index contributed by atoms with van der Waals surface area (Å²) >= 11 is 3.45. The second kappa shape index (κ2) is 6.49. The maximum absolute atomic E-state index is 8.70. The van der Waals surface area contributed by atoms with Gasteiger partial charge in [-0.3, -0.25) is 0 Å². The Labute approximate surface area is 110 Å². The van der Waals surface area contributed by atoms with Gasteiger partial charge < -0.3 is 16.3 Å². The Kier molecular flexibility index (Phi) is 5.28. The van der Waals surface area contributed by atoms with E-state index in [1.54, 1.807) is 0 Å². The molecule has 0 radical (unpaired) electrons. The van der Waals surface area contributed by atoms with Gasteiger partial charge in [0.2, 0.25) is 0 Å². The molecule has 1 aromatic rings. The molecule has 0 heterocycles. The average Bonchev–Trinajstić information content (AvgIpc) is 2.36. The van der Waals surface area contributed by atoms with E-state index in [1.807, 2.05) is 19.1 Å². The van der Waals surface area contributed by atoms with Crippen LogP contribution in [-0.4, -0.2) is 17.1 Å². The number of oxime groups is 1. The molecule has 1 aromatic carbocycles. The van der Waals surface area contributed by atoms with E-state index >= 15 is 0 Å². The number of anilines is 1. The highest BCUT2D eigenvalue weighted by molar-refractivity contribution is 9.10. The summed E-state index contributed by atoms with van der Waals surface area (Å²) in [5.74, 6) is 0.206. The molecule has 1 atom stereocenters. The van der Waals surface area contributed by atoms with Crippen molar-refractivity contribution in [3.8, 4) is 0 Å². The molecule has 0 aliphatic carbocycles. The Morgan fingerprint density at radius 1 is 1.53 bits per heavy atom. The number of rotatable bonds is 5. The zero-order valence-corrected chi connectivity index (χ0v) is 11.7. The van der Waals surface area contributed by atoms with Gasteiger partial charge in [0.05, 0.1) is 6.04 Å². The summed E-state index contributed by atoms with van der Waals surface area (Å²) in [5, 5.41) is 15.0. The van der Waals surface area contributed by atoms with Crippen molar-refractivity contribution in [1.82, 2.24) is 0 Å². The minimum Gasteiger partial charge on any atom is -0.409 e. The average molecular weight is 300 g/mol. The topological polar surface area (TPSA) is 70.6 Å². The van der Waals surface area contributed by atoms with E-state index < -0.39 is 0 Å². The van der Waals surface area contributed by atoms with Crippen LogP contribution in [0.3, 0.4) is 0 Å². The normalized spacial score (nSPS) is 13.5. The SMILES string of the molecule is CCc1cc(Br)ccc1NC(CC)/C(N)=N/O. The fraction of sp³-hybridized carbons (Fsp3) is 0.417. The maximum Gasteiger partial charge on any atom is 0.161 e. The van der Waals surface area contributed by atoms with Crippen LogP contribution in [0.5, 0.6) is 0 Å². The summed E-state index contributed by atoms with van der Waals surface area (Å²) in [4.78, 5) is 0. The minimum absolute atomic E-state index is 0.147. The van der Waals surface area contributed by atoms with Crippen molar-refractivity contribution < 1.29 is 5.21 Å². The number of nitrogens with zero attached hydrogens (tertiary/aromatic N) is 1. The number of halogens is 1. The van der Waals surface area contributed by atoms with Crippen molar-refractivity contribution in [3.05, 3.63) is 28.2 Å². The summed E-state index contributed by atoms with van der Waals surface area (Å²) in [5.41, 5.74) is 7.85. The predicted octanol–water partition coefficient (Wildman–Crippen LogP) is 2.95. The summed E-state index contributed by atoms with van der Waals surface area (Å²) < 4.78 is 1.05. The smallest absolute Gasteiger partial charge is 0.161 e. The van der Waals surface area contributed by atoms with Gasteiger partial charge in [0, 0.05) is 10.2 Å². The molecule has 1 unspecified atom stereocenters. The monoisotopic (exact) mass is 299 g/mol. The Morgan fingerprint density at radius 3 is 2.76 bits per heavy atom. The van der Waals surface area contributed by atoms with Gasteiger partial charge in [0.1, 0.15) is 0 Å².